The molecule has 0 saturated heterocycles. The second kappa shape index (κ2) is 7.17. The van der Waals surface area contributed by atoms with Crippen LogP contribution in [0, 0.1) is 6.92 Å². The zero-order chi connectivity index (χ0) is 16.2. The van der Waals surface area contributed by atoms with Crippen LogP contribution in [0.15, 0.2) is 58.3 Å². The molecule has 2 aromatic carbocycles. The quantitative estimate of drug-likeness (QED) is 0.836. The van der Waals surface area contributed by atoms with Crippen LogP contribution in [-0.4, -0.2) is 20.1 Å². The summed E-state index contributed by atoms with van der Waals surface area (Å²) in [5.41, 5.74) is 1.12. The fraction of sp³-hybridized carbons (Fsp3) is 0.133. The molecule has 1 N–H and O–H groups in total. The minimum atomic E-state index is -3.89. The Morgan fingerprint density at radius 2 is 1.86 bits per heavy atom. The molecule has 2 rings (SSSR count). The fourth-order valence-corrected chi connectivity index (χ4v) is 3.73. The zero-order valence-corrected chi connectivity index (χ0v) is 14.1. The van der Waals surface area contributed by atoms with Crippen LogP contribution in [0.5, 0.6) is 0 Å². The molecule has 0 aliphatic rings. The number of nitrogens with one attached hydrogen (secondary N) is 1. The molecule has 0 unspecified atom stereocenters. The molecule has 0 atom stereocenters. The van der Waals surface area contributed by atoms with E-state index in [1.807, 2.05) is 35.9 Å². The zero-order valence-electron chi connectivity index (χ0n) is 11.7. The number of sulfonamides is 1. The van der Waals surface area contributed by atoms with Crippen molar-refractivity contribution in [1.29, 1.82) is 0 Å². The second-order valence-corrected chi connectivity index (χ2v) is 7.76. The van der Waals surface area contributed by atoms with Crippen molar-refractivity contribution in [2.24, 2.45) is 0 Å². The van der Waals surface area contributed by atoms with E-state index in [2.05, 4.69) is 0 Å². The van der Waals surface area contributed by atoms with E-state index in [-0.39, 0.29) is 10.6 Å². The number of aryl methyl sites for hydroxylation is 1. The Hall–Kier alpha value is -1.50. The third-order valence-corrected chi connectivity index (χ3v) is 5.36. The van der Waals surface area contributed by atoms with Crippen LogP contribution >= 0.6 is 23.4 Å². The SMILES string of the molecule is Cc1ccc(SCC(=O)NS(=O)(=O)c2cccc(Cl)c2)cc1. The van der Waals surface area contributed by atoms with Gasteiger partial charge in [-0.1, -0.05) is 35.4 Å². The summed E-state index contributed by atoms with van der Waals surface area (Å²) in [7, 11) is -3.89. The minimum Gasteiger partial charge on any atom is -0.273 e. The van der Waals surface area contributed by atoms with Gasteiger partial charge in [0.1, 0.15) is 0 Å². The molecule has 0 bridgehead atoms. The van der Waals surface area contributed by atoms with Gasteiger partial charge in [-0.05, 0) is 37.3 Å². The average molecular weight is 356 g/mol. The third-order valence-electron chi connectivity index (χ3n) is 2.75. The maximum atomic E-state index is 12.1. The molecule has 7 heteroatoms. The Morgan fingerprint density at radius 1 is 1.18 bits per heavy atom. The molecular formula is C15H14ClNO3S2. The maximum Gasteiger partial charge on any atom is 0.264 e. The largest absolute Gasteiger partial charge is 0.273 e. The van der Waals surface area contributed by atoms with Gasteiger partial charge in [0.25, 0.3) is 10.0 Å². The molecule has 22 heavy (non-hydrogen) atoms. The standard InChI is InChI=1S/C15H14ClNO3S2/c1-11-5-7-13(8-6-11)21-10-15(18)17-22(19,20)14-4-2-3-12(16)9-14/h2-9H,10H2,1H3,(H,17,18). The molecule has 0 saturated carbocycles. The first-order valence-electron chi connectivity index (χ1n) is 6.37. The topological polar surface area (TPSA) is 63.2 Å². The highest BCUT2D eigenvalue weighted by molar-refractivity contribution is 8.00. The second-order valence-electron chi connectivity index (χ2n) is 4.59. The van der Waals surface area contributed by atoms with Crippen molar-refractivity contribution in [3.05, 3.63) is 59.1 Å². The van der Waals surface area contributed by atoms with Crippen molar-refractivity contribution in [3.63, 3.8) is 0 Å². The van der Waals surface area contributed by atoms with Gasteiger partial charge < -0.3 is 0 Å². The number of amides is 1. The van der Waals surface area contributed by atoms with Gasteiger partial charge in [0, 0.05) is 9.92 Å². The van der Waals surface area contributed by atoms with Crippen LogP contribution in [0.4, 0.5) is 0 Å². The first-order chi connectivity index (χ1) is 10.4. The molecule has 0 aromatic heterocycles. The van der Waals surface area contributed by atoms with Gasteiger partial charge in [0.05, 0.1) is 10.6 Å². The molecule has 4 nitrogen and oxygen atoms in total. The van der Waals surface area contributed by atoms with E-state index in [9.17, 15) is 13.2 Å². The summed E-state index contributed by atoms with van der Waals surface area (Å²) >= 11 is 7.03. The molecule has 0 radical (unpaired) electrons. The lowest BCUT2D eigenvalue weighted by atomic mass is 10.2. The van der Waals surface area contributed by atoms with Gasteiger partial charge in [-0.2, -0.15) is 0 Å². The van der Waals surface area contributed by atoms with Crippen LogP contribution in [0.2, 0.25) is 5.02 Å². The van der Waals surface area contributed by atoms with E-state index in [4.69, 9.17) is 11.6 Å². The Labute approximate surface area is 138 Å². The van der Waals surface area contributed by atoms with E-state index < -0.39 is 15.9 Å². The predicted octanol–water partition coefficient (Wildman–Crippen LogP) is 3.25. The Balaban J connectivity index is 1.97. The lowest BCUT2D eigenvalue weighted by molar-refractivity contribution is -0.116. The van der Waals surface area contributed by atoms with Crippen molar-refractivity contribution in [2.45, 2.75) is 16.7 Å². The van der Waals surface area contributed by atoms with E-state index in [0.717, 1.165) is 10.5 Å². The number of hydrogen-bond donors (Lipinski definition) is 1. The van der Waals surface area contributed by atoms with Crippen molar-refractivity contribution in [3.8, 4) is 0 Å². The van der Waals surface area contributed by atoms with Crippen molar-refractivity contribution >= 4 is 39.3 Å². The van der Waals surface area contributed by atoms with Gasteiger partial charge in [-0.25, -0.2) is 13.1 Å². The molecule has 0 fully saturated rings. The highest BCUT2D eigenvalue weighted by atomic mass is 35.5. The van der Waals surface area contributed by atoms with Crippen LogP contribution in [0.1, 0.15) is 5.56 Å². The van der Waals surface area contributed by atoms with Gasteiger partial charge in [0.2, 0.25) is 5.91 Å². The van der Waals surface area contributed by atoms with Crippen LogP contribution in [-0.2, 0) is 14.8 Å². The first-order valence-corrected chi connectivity index (χ1v) is 9.22. The summed E-state index contributed by atoms with van der Waals surface area (Å²) in [5.74, 6) is -0.561. The third kappa shape index (κ3) is 4.76. The summed E-state index contributed by atoms with van der Waals surface area (Å²) in [4.78, 5) is 12.7. The number of rotatable bonds is 5. The highest BCUT2D eigenvalue weighted by Crippen LogP contribution is 2.19. The Morgan fingerprint density at radius 3 is 2.50 bits per heavy atom. The molecule has 116 valence electrons. The lowest BCUT2D eigenvalue weighted by Crippen LogP contribution is -2.31. The smallest absolute Gasteiger partial charge is 0.264 e. The Kier molecular flexibility index (Phi) is 5.50. The highest BCUT2D eigenvalue weighted by Gasteiger charge is 2.17. The number of benzene rings is 2. The normalized spacial score (nSPS) is 11.2. The number of thioether (sulfide) groups is 1. The number of carbonyl (C=O) groups is 1. The maximum absolute atomic E-state index is 12.1. The van der Waals surface area contributed by atoms with E-state index in [1.54, 1.807) is 6.07 Å². The minimum absolute atomic E-state index is 0.0167. The first kappa shape index (κ1) is 16.9. The van der Waals surface area contributed by atoms with Crippen LogP contribution in [0.3, 0.4) is 0 Å². The van der Waals surface area contributed by atoms with Gasteiger partial charge in [0.15, 0.2) is 0 Å². The summed E-state index contributed by atoms with van der Waals surface area (Å²) in [5, 5.41) is 0.296. The lowest BCUT2D eigenvalue weighted by Gasteiger charge is -2.07. The van der Waals surface area contributed by atoms with E-state index in [0.29, 0.717) is 5.02 Å². The number of hydrogen-bond acceptors (Lipinski definition) is 4. The van der Waals surface area contributed by atoms with Gasteiger partial charge in [-0.3, -0.25) is 4.79 Å². The van der Waals surface area contributed by atoms with Crippen molar-refractivity contribution in [1.82, 2.24) is 4.72 Å². The van der Waals surface area contributed by atoms with Gasteiger partial charge >= 0.3 is 0 Å². The Bertz CT molecular complexity index is 774. The number of halogens is 1. The molecule has 0 aliphatic carbocycles. The fourth-order valence-electron chi connectivity index (χ4n) is 1.66. The van der Waals surface area contributed by atoms with Crippen LogP contribution in [0.25, 0.3) is 0 Å². The van der Waals surface area contributed by atoms with E-state index >= 15 is 0 Å². The molecule has 0 heterocycles. The van der Waals surface area contributed by atoms with Crippen LogP contribution < -0.4 is 4.72 Å². The van der Waals surface area contributed by atoms with E-state index in [1.165, 1.54) is 30.0 Å². The molecular weight excluding hydrogens is 342 g/mol. The summed E-state index contributed by atoms with van der Waals surface area (Å²) in [6.07, 6.45) is 0. The molecule has 0 spiro atoms. The molecule has 2 aromatic rings. The number of carbonyl (C=O) groups excluding carboxylic acids is 1. The summed E-state index contributed by atoms with van der Waals surface area (Å²) in [6, 6.07) is 13.4. The van der Waals surface area contributed by atoms with Crippen molar-refractivity contribution < 1.29 is 13.2 Å². The molecule has 0 aliphatic heterocycles. The average Bonchev–Trinajstić information content (AvgIpc) is 2.46. The summed E-state index contributed by atoms with van der Waals surface area (Å²) < 4.78 is 26.1. The van der Waals surface area contributed by atoms with Crippen molar-refractivity contribution in [2.75, 3.05) is 5.75 Å². The molecule has 1 amide bonds. The monoisotopic (exact) mass is 355 g/mol. The van der Waals surface area contributed by atoms with Gasteiger partial charge in [-0.15, -0.1) is 11.8 Å². The predicted molar refractivity (Wildman–Crippen MR) is 88.7 cm³/mol. The summed E-state index contributed by atoms with van der Waals surface area (Å²) in [6.45, 7) is 1.97.